The molecule has 2 heterocycles. The number of primary amides is 1. The summed E-state index contributed by atoms with van der Waals surface area (Å²) in [5.41, 5.74) is 8.73. The SMILES string of the molecule is CCc1cnc(Oc2ccc(Nc3ccccn3)cc2)c(C(N)=O)c1CC. The number of carbonyl (C=O) groups excluding carboxylic acids is 1. The maximum absolute atomic E-state index is 12.0. The molecule has 0 unspecified atom stereocenters. The molecule has 3 aromatic rings. The van der Waals surface area contributed by atoms with Gasteiger partial charge in [-0.3, -0.25) is 4.79 Å². The average molecular weight is 362 g/mol. The largest absolute Gasteiger partial charge is 0.438 e. The molecule has 6 heteroatoms. The van der Waals surface area contributed by atoms with Crippen LogP contribution in [-0.4, -0.2) is 15.9 Å². The van der Waals surface area contributed by atoms with Crippen LogP contribution < -0.4 is 15.8 Å². The van der Waals surface area contributed by atoms with Crippen LogP contribution in [-0.2, 0) is 12.8 Å². The zero-order valence-electron chi connectivity index (χ0n) is 15.4. The summed E-state index contributed by atoms with van der Waals surface area (Å²) >= 11 is 0. The molecule has 0 bridgehead atoms. The molecule has 2 aromatic heterocycles. The van der Waals surface area contributed by atoms with Gasteiger partial charge in [0.05, 0.1) is 0 Å². The van der Waals surface area contributed by atoms with Crippen LogP contribution in [0.3, 0.4) is 0 Å². The zero-order valence-corrected chi connectivity index (χ0v) is 15.4. The molecule has 6 nitrogen and oxygen atoms in total. The van der Waals surface area contributed by atoms with Gasteiger partial charge in [-0.15, -0.1) is 0 Å². The molecule has 0 fully saturated rings. The summed E-state index contributed by atoms with van der Waals surface area (Å²) in [6.45, 7) is 4.01. The van der Waals surface area contributed by atoms with Gasteiger partial charge in [0.25, 0.3) is 5.91 Å². The number of rotatable bonds is 7. The van der Waals surface area contributed by atoms with Gasteiger partial charge in [-0.1, -0.05) is 19.9 Å². The minimum atomic E-state index is -0.530. The molecule has 1 amide bonds. The predicted molar refractivity (Wildman–Crippen MR) is 106 cm³/mol. The Morgan fingerprint density at radius 2 is 1.85 bits per heavy atom. The van der Waals surface area contributed by atoms with Crippen LogP contribution in [0.5, 0.6) is 11.6 Å². The maximum Gasteiger partial charge on any atom is 0.254 e. The highest BCUT2D eigenvalue weighted by molar-refractivity contribution is 5.97. The van der Waals surface area contributed by atoms with Crippen LogP contribution in [0.15, 0.2) is 54.9 Å². The standard InChI is InChI=1S/C21H22N4O2/c1-3-14-13-24-21(19(20(22)26)17(14)4-2)27-16-10-8-15(9-11-16)25-18-7-5-6-12-23-18/h5-13H,3-4H2,1-2H3,(H2,22,26)(H,23,25). The van der Waals surface area contributed by atoms with Crippen molar-refractivity contribution >= 4 is 17.4 Å². The van der Waals surface area contributed by atoms with Gasteiger partial charge in [0.2, 0.25) is 5.88 Å². The number of anilines is 2. The van der Waals surface area contributed by atoms with Crippen molar-refractivity contribution in [3.8, 4) is 11.6 Å². The number of benzene rings is 1. The van der Waals surface area contributed by atoms with E-state index in [1.54, 1.807) is 24.5 Å². The fourth-order valence-electron chi connectivity index (χ4n) is 2.91. The van der Waals surface area contributed by atoms with Crippen molar-refractivity contribution in [1.82, 2.24) is 9.97 Å². The Morgan fingerprint density at radius 3 is 2.44 bits per heavy atom. The van der Waals surface area contributed by atoms with Gasteiger partial charge >= 0.3 is 0 Å². The average Bonchev–Trinajstić information content (AvgIpc) is 2.69. The molecule has 138 valence electrons. The third-order valence-corrected chi connectivity index (χ3v) is 4.23. The molecule has 0 aliphatic rings. The number of nitrogens with zero attached hydrogens (tertiary/aromatic N) is 2. The number of nitrogens with one attached hydrogen (secondary N) is 1. The van der Waals surface area contributed by atoms with E-state index in [2.05, 4.69) is 15.3 Å². The second-order valence-corrected chi connectivity index (χ2v) is 5.98. The lowest BCUT2D eigenvalue weighted by Crippen LogP contribution is -2.17. The van der Waals surface area contributed by atoms with Crippen molar-refractivity contribution in [3.05, 3.63) is 71.5 Å². The predicted octanol–water partition coefficient (Wildman–Crippen LogP) is 4.24. The molecule has 3 N–H and O–H groups in total. The quantitative estimate of drug-likeness (QED) is 0.656. The summed E-state index contributed by atoms with van der Waals surface area (Å²) in [6.07, 6.45) is 4.94. The number of pyridine rings is 2. The molecule has 27 heavy (non-hydrogen) atoms. The van der Waals surface area contributed by atoms with E-state index in [0.29, 0.717) is 17.7 Å². The smallest absolute Gasteiger partial charge is 0.254 e. The lowest BCUT2D eigenvalue weighted by molar-refractivity contribution is 0.0996. The molecule has 1 aromatic carbocycles. The van der Waals surface area contributed by atoms with Gasteiger partial charge in [-0.25, -0.2) is 9.97 Å². The number of aryl methyl sites for hydroxylation is 1. The Hall–Kier alpha value is -3.41. The van der Waals surface area contributed by atoms with Gasteiger partial charge in [-0.05, 0) is 60.4 Å². The van der Waals surface area contributed by atoms with Crippen LogP contribution in [0.25, 0.3) is 0 Å². The number of aromatic nitrogens is 2. The van der Waals surface area contributed by atoms with E-state index < -0.39 is 5.91 Å². The number of ether oxygens (including phenoxy) is 1. The van der Waals surface area contributed by atoms with Crippen LogP contribution in [0, 0.1) is 0 Å². The first-order valence-corrected chi connectivity index (χ1v) is 8.88. The minimum Gasteiger partial charge on any atom is -0.438 e. The summed E-state index contributed by atoms with van der Waals surface area (Å²) < 4.78 is 5.86. The van der Waals surface area contributed by atoms with E-state index in [1.807, 2.05) is 44.2 Å². The van der Waals surface area contributed by atoms with Gasteiger partial charge < -0.3 is 15.8 Å². The summed E-state index contributed by atoms with van der Waals surface area (Å²) in [6, 6.07) is 13.0. The highest BCUT2D eigenvalue weighted by atomic mass is 16.5. The van der Waals surface area contributed by atoms with Gasteiger partial charge in [-0.2, -0.15) is 0 Å². The molecular formula is C21H22N4O2. The van der Waals surface area contributed by atoms with Crippen LogP contribution >= 0.6 is 0 Å². The third-order valence-electron chi connectivity index (χ3n) is 4.23. The molecule has 0 saturated carbocycles. The van der Waals surface area contributed by atoms with Gasteiger partial charge in [0.1, 0.15) is 17.1 Å². The summed E-state index contributed by atoms with van der Waals surface area (Å²) in [4.78, 5) is 20.5. The molecule has 0 radical (unpaired) electrons. The molecule has 3 rings (SSSR count). The van der Waals surface area contributed by atoms with Crippen LogP contribution in [0.2, 0.25) is 0 Å². The van der Waals surface area contributed by atoms with Crippen molar-refractivity contribution in [2.75, 3.05) is 5.32 Å². The van der Waals surface area contributed by atoms with Crippen LogP contribution in [0.4, 0.5) is 11.5 Å². The Balaban J connectivity index is 1.84. The topological polar surface area (TPSA) is 90.1 Å². The molecule has 0 saturated heterocycles. The highest BCUT2D eigenvalue weighted by Crippen LogP contribution is 2.29. The van der Waals surface area contributed by atoms with E-state index >= 15 is 0 Å². The Morgan fingerprint density at radius 1 is 1.07 bits per heavy atom. The van der Waals surface area contributed by atoms with Crippen molar-refractivity contribution in [1.29, 1.82) is 0 Å². The first-order valence-electron chi connectivity index (χ1n) is 8.88. The Labute approximate surface area is 158 Å². The lowest BCUT2D eigenvalue weighted by atomic mass is 9.99. The normalized spacial score (nSPS) is 10.4. The Kier molecular flexibility index (Phi) is 5.66. The van der Waals surface area contributed by atoms with E-state index in [-0.39, 0.29) is 5.88 Å². The van der Waals surface area contributed by atoms with Crippen molar-refractivity contribution in [2.45, 2.75) is 26.7 Å². The molecule has 0 aliphatic heterocycles. The molecule has 0 aliphatic carbocycles. The van der Waals surface area contributed by atoms with Gasteiger partial charge in [0.15, 0.2) is 0 Å². The third kappa shape index (κ3) is 4.23. The number of carbonyl (C=O) groups is 1. The Bertz CT molecular complexity index is 925. The van der Waals surface area contributed by atoms with Crippen molar-refractivity contribution < 1.29 is 9.53 Å². The summed E-state index contributed by atoms with van der Waals surface area (Å²) in [5, 5.41) is 3.20. The zero-order chi connectivity index (χ0) is 19.2. The number of nitrogens with two attached hydrogens (primary N) is 1. The first kappa shape index (κ1) is 18.4. The van der Waals surface area contributed by atoms with E-state index in [9.17, 15) is 4.79 Å². The fourth-order valence-corrected chi connectivity index (χ4v) is 2.91. The second kappa shape index (κ2) is 8.31. The molecule has 0 atom stereocenters. The number of hydrogen-bond acceptors (Lipinski definition) is 5. The lowest BCUT2D eigenvalue weighted by Gasteiger charge is -2.15. The number of hydrogen-bond donors (Lipinski definition) is 2. The molecule has 0 spiro atoms. The monoisotopic (exact) mass is 362 g/mol. The first-order chi connectivity index (χ1) is 13.1. The van der Waals surface area contributed by atoms with Crippen molar-refractivity contribution in [2.24, 2.45) is 5.73 Å². The summed E-state index contributed by atoms with van der Waals surface area (Å²) in [5.74, 6) is 1.04. The number of amides is 1. The van der Waals surface area contributed by atoms with Crippen LogP contribution in [0.1, 0.15) is 35.3 Å². The minimum absolute atomic E-state index is 0.238. The van der Waals surface area contributed by atoms with E-state index in [1.165, 1.54) is 0 Å². The highest BCUT2D eigenvalue weighted by Gasteiger charge is 2.19. The molecular weight excluding hydrogens is 340 g/mol. The summed E-state index contributed by atoms with van der Waals surface area (Å²) in [7, 11) is 0. The van der Waals surface area contributed by atoms with E-state index in [4.69, 9.17) is 10.5 Å². The fraction of sp³-hybridized carbons (Fsp3) is 0.190. The maximum atomic E-state index is 12.0. The second-order valence-electron chi connectivity index (χ2n) is 5.98. The van der Waals surface area contributed by atoms with Gasteiger partial charge in [0, 0.05) is 18.1 Å². The van der Waals surface area contributed by atoms with E-state index in [0.717, 1.165) is 29.1 Å². The van der Waals surface area contributed by atoms with Crippen molar-refractivity contribution in [3.63, 3.8) is 0 Å².